The molecule has 0 aliphatic carbocycles. The van der Waals surface area contributed by atoms with Crippen LogP contribution in [0.25, 0.3) is 0 Å². The molecule has 0 aliphatic heterocycles. The minimum Gasteiger partial charge on any atom is -0.462 e. The summed E-state index contributed by atoms with van der Waals surface area (Å²) in [6, 6.07) is 0. The molecule has 0 amide bonds. The number of hydrogen-bond donors (Lipinski definition) is 0. The highest BCUT2D eigenvalue weighted by Crippen LogP contribution is 2.31. The number of hydrogen-bond acceptors (Lipinski definition) is 5. The van der Waals surface area contributed by atoms with E-state index in [0.29, 0.717) is 36.2 Å². The molecule has 0 unspecified atom stereocenters. The van der Waals surface area contributed by atoms with Crippen molar-refractivity contribution >= 4 is 23.3 Å². The third-order valence-electron chi connectivity index (χ3n) is 3.62. The van der Waals surface area contributed by atoms with Gasteiger partial charge in [-0.1, -0.05) is 41.5 Å². The van der Waals surface area contributed by atoms with Crippen molar-refractivity contribution in [3.63, 3.8) is 0 Å². The largest absolute Gasteiger partial charge is 0.462 e. The predicted molar refractivity (Wildman–Crippen MR) is 97.9 cm³/mol. The Bertz CT molecular complexity index is 544. The molecule has 0 aromatic carbocycles. The van der Waals surface area contributed by atoms with E-state index in [2.05, 4.69) is 27.7 Å². The van der Waals surface area contributed by atoms with Gasteiger partial charge in [0.15, 0.2) is 0 Å². The number of esters is 2. The molecule has 0 radical (unpaired) electrons. The van der Waals surface area contributed by atoms with Crippen molar-refractivity contribution in [2.75, 3.05) is 13.2 Å². The van der Waals surface area contributed by atoms with Crippen LogP contribution in [0.1, 0.15) is 85.9 Å². The lowest BCUT2D eigenvalue weighted by Gasteiger charge is -2.11. The topological polar surface area (TPSA) is 52.6 Å². The van der Waals surface area contributed by atoms with Crippen LogP contribution in [-0.4, -0.2) is 25.2 Å². The number of carbonyl (C=O) groups excluding carboxylic acids is 2. The molecule has 0 saturated carbocycles. The molecule has 0 N–H and O–H groups in total. The van der Waals surface area contributed by atoms with Gasteiger partial charge in [-0.2, -0.15) is 0 Å². The summed E-state index contributed by atoms with van der Waals surface area (Å²) in [6.45, 7) is 13.1. The van der Waals surface area contributed by atoms with Crippen LogP contribution in [0.3, 0.4) is 0 Å². The summed E-state index contributed by atoms with van der Waals surface area (Å²) < 4.78 is 10.7. The van der Waals surface area contributed by atoms with Crippen molar-refractivity contribution in [1.29, 1.82) is 0 Å². The van der Waals surface area contributed by atoms with Crippen molar-refractivity contribution in [3.05, 3.63) is 21.4 Å². The molecule has 136 valence electrons. The second kappa shape index (κ2) is 9.82. The highest BCUT2D eigenvalue weighted by Gasteiger charge is 2.27. The molecule has 1 heterocycles. The van der Waals surface area contributed by atoms with Crippen molar-refractivity contribution in [2.45, 2.75) is 60.3 Å². The van der Waals surface area contributed by atoms with E-state index in [1.165, 1.54) is 11.3 Å². The molecule has 1 rings (SSSR count). The first-order chi connectivity index (χ1) is 11.2. The lowest BCUT2D eigenvalue weighted by molar-refractivity contribution is 0.0440. The van der Waals surface area contributed by atoms with E-state index in [1.807, 2.05) is 13.8 Å². The normalized spacial score (nSPS) is 11.4. The van der Waals surface area contributed by atoms with Crippen molar-refractivity contribution < 1.29 is 19.1 Å². The summed E-state index contributed by atoms with van der Waals surface area (Å²) in [5.41, 5.74) is 0.718. The van der Waals surface area contributed by atoms with Gasteiger partial charge >= 0.3 is 11.9 Å². The van der Waals surface area contributed by atoms with Gasteiger partial charge in [0.2, 0.25) is 0 Å². The molecule has 0 fully saturated rings. The van der Waals surface area contributed by atoms with Crippen LogP contribution in [0, 0.1) is 11.8 Å². The molecule has 0 atom stereocenters. The highest BCUT2D eigenvalue weighted by atomic mass is 32.1. The van der Waals surface area contributed by atoms with Crippen LogP contribution in [0.15, 0.2) is 5.38 Å². The minimum absolute atomic E-state index is 0.153. The van der Waals surface area contributed by atoms with Gasteiger partial charge in [-0.25, -0.2) is 9.59 Å². The fourth-order valence-electron chi connectivity index (χ4n) is 2.08. The van der Waals surface area contributed by atoms with Crippen LogP contribution < -0.4 is 0 Å². The monoisotopic (exact) mass is 354 g/mol. The number of rotatable bonds is 9. The standard InChI is InChI=1S/C19H30O4S/c1-12(2)7-9-22-18(20)15-11-24-17(14(5)6)16(15)19(21)23-10-8-13(3)4/h11-14H,7-10H2,1-6H3. The van der Waals surface area contributed by atoms with Gasteiger partial charge < -0.3 is 9.47 Å². The van der Waals surface area contributed by atoms with E-state index in [9.17, 15) is 9.59 Å². The zero-order chi connectivity index (χ0) is 18.3. The first-order valence-electron chi connectivity index (χ1n) is 8.69. The second-order valence-corrected chi connectivity index (χ2v) is 8.09. The van der Waals surface area contributed by atoms with Crippen LogP contribution in [0.2, 0.25) is 0 Å². The Labute approximate surface area is 149 Å². The Hall–Kier alpha value is -1.36. The maximum Gasteiger partial charge on any atom is 0.340 e. The summed E-state index contributed by atoms with van der Waals surface area (Å²) >= 11 is 1.42. The van der Waals surface area contributed by atoms with Gasteiger partial charge in [0.1, 0.15) is 0 Å². The van der Waals surface area contributed by atoms with Gasteiger partial charge in [-0.3, -0.25) is 0 Å². The fourth-order valence-corrected chi connectivity index (χ4v) is 3.13. The van der Waals surface area contributed by atoms with Gasteiger partial charge in [0.05, 0.1) is 24.3 Å². The number of carbonyl (C=O) groups is 2. The number of ether oxygens (including phenoxy) is 2. The maximum absolute atomic E-state index is 12.5. The van der Waals surface area contributed by atoms with Crippen LogP contribution >= 0.6 is 11.3 Å². The average Bonchev–Trinajstić information content (AvgIpc) is 2.91. The zero-order valence-corrected chi connectivity index (χ0v) is 16.5. The fraction of sp³-hybridized carbons (Fsp3) is 0.684. The Kier molecular flexibility index (Phi) is 8.46. The van der Waals surface area contributed by atoms with E-state index >= 15 is 0 Å². The summed E-state index contributed by atoms with van der Waals surface area (Å²) in [4.78, 5) is 25.7. The molecule has 0 spiro atoms. The second-order valence-electron chi connectivity index (χ2n) is 7.18. The van der Waals surface area contributed by atoms with E-state index in [-0.39, 0.29) is 5.92 Å². The van der Waals surface area contributed by atoms with E-state index < -0.39 is 11.9 Å². The van der Waals surface area contributed by atoms with Gasteiger partial charge in [0, 0.05) is 10.3 Å². The molecule has 0 aliphatic rings. The average molecular weight is 355 g/mol. The summed E-state index contributed by atoms with van der Waals surface area (Å²) in [5.74, 6) is 0.225. The first kappa shape index (κ1) is 20.7. The lowest BCUT2D eigenvalue weighted by Crippen LogP contribution is -2.16. The van der Waals surface area contributed by atoms with Crippen LogP contribution in [-0.2, 0) is 9.47 Å². The van der Waals surface area contributed by atoms with E-state index in [4.69, 9.17) is 9.47 Å². The maximum atomic E-state index is 12.5. The van der Waals surface area contributed by atoms with Gasteiger partial charge in [0.25, 0.3) is 0 Å². The molecule has 1 aromatic heterocycles. The smallest absolute Gasteiger partial charge is 0.340 e. The summed E-state index contributed by atoms with van der Waals surface area (Å²) in [7, 11) is 0. The lowest BCUT2D eigenvalue weighted by atomic mass is 10.0. The zero-order valence-electron chi connectivity index (χ0n) is 15.7. The molecule has 1 aromatic rings. The third kappa shape index (κ3) is 6.27. The molecule has 24 heavy (non-hydrogen) atoms. The summed E-state index contributed by atoms with van der Waals surface area (Å²) in [6.07, 6.45) is 1.61. The molecule has 0 saturated heterocycles. The molecular formula is C19H30O4S. The van der Waals surface area contributed by atoms with Crippen LogP contribution in [0.4, 0.5) is 0 Å². The van der Waals surface area contributed by atoms with Gasteiger partial charge in [-0.05, 0) is 30.6 Å². The SMILES string of the molecule is CC(C)CCOC(=O)c1csc(C(C)C)c1C(=O)OCCC(C)C. The number of thiophene rings is 1. The quantitative estimate of drug-likeness (QED) is 0.566. The predicted octanol–water partition coefficient (Wildman–Crippen LogP) is 5.28. The Morgan fingerprint density at radius 2 is 1.42 bits per heavy atom. The van der Waals surface area contributed by atoms with Crippen LogP contribution in [0.5, 0.6) is 0 Å². The third-order valence-corrected chi connectivity index (χ3v) is 4.91. The highest BCUT2D eigenvalue weighted by molar-refractivity contribution is 7.10. The molecule has 0 bridgehead atoms. The Balaban J connectivity index is 2.88. The van der Waals surface area contributed by atoms with Crippen molar-refractivity contribution in [1.82, 2.24) is 0 Å². The van der Waals surface area contributed by atoms with E-state index in [0.717, 1.165) is 17.7 Å². The van der Waals surface area contributed by atoms with Gasteiger partial charge in [-0.15, -0.1) is 11.3 Å². The Morgan fingerprint density at radius 3 is 1.88 bits per heavy atom. The minimum atomic E-state index is -0.436. The Morgan fingerprint density at radius 1 is 0.917 bits per heavy atom. The van der Waals surface area contributed by atoms with E-state index in [1.54, 1.807) is 5.38 Å². The first-order valence-corrected chi connectivity index (χ1v) is 9.57. The summed E-state index contributed by atoms with van der Waals surface area (Å²) in [5, 5.41) is 1.71. The molecular weight excluding hydrogens is 324 g/mol. The van der Waals surface area contributed by atoms with Crippen molar-refractivity contribution in [2.24, 2.45) is 11.8 Å². The molecule has 4 nitrogen and oxygen atoms in total. The van der Waals surface area contributed by atoms with Crippen molar-refractivity contribution in [3.8, 4) is 0 Å². The molecule has 5 heteroatoms.